The van der Waals surface area contributed by atoms with Crippen LogP contribution in [-0.2, 0) is 19.2 Å². The van der Waals surface area contributed by atoms with Crippen molar-refractivity contribution in [3.63, 3.8) is 0 Å². The Morgan fingerprint density at radius 2 is 1.80 bits per heavy atom. The summed E-state index contributed by atoms with van der Waals surface area (Å²) in [6.45, 7) is 3.57. The molecule has 0 bridgehead atoms. The Kier molecular flexibility index (Phi) is 4.86. The molecule has 0 aromatic carbocycles. The van der Waals surface area contributed by atoms with Gasteiger partial charge in [-0.2, -0.15) is 0 Å². The van der Waals surface area contributed by atoms with Gasteiger partial charge in [0.25, 0.3) is 0 Å². The van der Waals surface area contributed by atoms with E-state index >= 15 is 0 Å². The van der Waals surface area contributed by atoms with Crippen LogP contribution in [0.5, 0.6) is 0 Å². The molecule has 1 fully saturated rings. The van der Waals surface area contributed by atoms with Gasteiger partial charge in [0, 0.05) is 12.8 Å². The van der Waals surface area contributed by atoms with E-state index in [1.165, 1.54) is 0 Å². The number of aliphatic carboxylic acids is 2. The van der Waals surface area contributed by atoms with Gasteiger partial charge in [-0.3, -0.25) is 19.3 Å². The zero-order valence-corrected chi connectivity index (χ0v) is 11.6. The van der Waals surface area contributed by atoms with Crippen LogP contribution in [0, 0.1) is 5.41 Å². The fourth-order valence-electron chi connectivity index (χ4n) is 2.56. The largest absolute Gasteiger partial charge is 0.481 e. The smallest absolute Gasteiger partial charge is 0.326 e. The maximum Gasteiger partial charge on any atom is 0.326 e. The number of carboxylic acids is 2. The molecule has 112 valence electrons. The number of rotatable bonds is 7. The first-order valence-electron chi connectivity index (χ1n) is 6.60. The van der Waals surface area contributed by atoms with Gasteiger partial charge >= 0.3 is 11.9 Å². The SMILES string of the molecule is CCC1(CC)CC(=O)N(C(CCC(=O)O)C(=O)O)C1=O. The molecule has 0 saturated carbocycles. The molecule has 20 heavy (non-hydrogen) atoms. The number of carboxylic acid groups (broad SMARTS) is 2. The second kappa shape index (κ2) is 6.02. The monoisotopic (exact) mass is 285 g/mol. The highest BCUT2D eigenvalue weighted by molar-refractivity contribution is 6.08. The summed E-state index contributed by atoms with van der Waals surface area (Å²) in [5.41, 5.74) is -0.839. The van der Waals surface area contributed by atoms with Gasteiger partial charge in [0.15, 0.2) is 0 Å². The van der Waals surface area contributed by atoms with E-state index in [2.05, 4.69) is 0 Å². The summed E-state index contributed by atoms with van der Waals surface area (Å²) < 4.78 is 0. The zero-order valence-electron chi connectivity index (χ0n) is 11.6. The average Bonchev–Trinajstić information content (AvgIpc) is 2.62. The first-order valence-corrected chi connectivity index (χ1v) is 6.60. The predicted octanol–water partition coefficient (Wildman–Crippen LogP) is 0.870. The maximum atomic E-state index is 12.4. The molecule has 0 radical (unpaired) electrons. The Morgan fingerprint density at radius 1 is 1.25 bits per heavy atom. The minimum absolute atomic E-state index is 0.00428. The molecule has 0 spiro atoms. The molecule has 1 heterocycles. The number of hydrogen-bond donors (Lipinski definition) is 2. The summed E-state index contributed by atoms with van der Waals surface area (Å²) >= 11 is 0. The topological polar surface area (TPSA) is 112 Å². The molecular weight excluding hydrogens is 266 g/mol. The lowest BCUT2D eigenvalue weighted by Crippen LogP contribution is -2.46. The van der Waals surface area contributed by atoms with Crippen molar-refractivity contribution in [1.82, 2.24) is 4.90 Å². The van der Waals surface area contributed by atoms with Gasteiger partial charge in [-0.25, -0.2) is 4.79 Å². The molecule has 1 unspecified atom stereocenters. The van der Waals surface area contributed by atoms with E-state index in [-0.39, 0.29) is 12.8 Å². The summed E-state index contributed by atoms with van der Waals surface area (Å²) in [5.74, 6) is -3.54. The van der Waals surface area contributed by atoms with E-state index in [1.54, 1.807) is 13.8 Å². The standard InChI is InChI=1S/C13H19NO6/c1-3-13(4-2)7-9(15)14(12(13)20)8(11(18)19)5-6-10(16)17/h8H,3-7H2,1-2H3,(H,16,17)(H,18,19). The van der Waals surface area contributed by atoms with Crippen molar-refractivity contribution in [3.8, 4) is 0 Å². The Bertz CT molecular complexity index is 440. The van der Waals surface area contributed by atoms with Crippen molar-refractivity contribution in [2.24, 2.45) is 5.41 Å². The van der Waals surface area contributed by atoms with Crippen LogP contribution in [0.15, 0.2) is 0 Å². The van der Waals surface area contributed by atoms with Crippen molar-refractivity contribution in [3.05, 3.63) is 0 Å². The fraction of sp³-hybridized carbons (Fsp3) is 0.692. The quantitative estimate of drug-likeness (QED) is 0.671. The molecule has 7 heteroatoms. The van der Waals surface area contributed by atoms with Crippen LogP contribution in [0.3, 0.4) is 0 Å². The van der Waals surface area contributed by atoms with Crippen molar-refractivity contribution < 1.29 is 29.4 Å². The number of imide groups is 1. The highest BCUT2D eigenvalue weighted by Gasteiger charge is 2.52. The van der Waals surface area contributed by atoms with Crippen molar-refractivity contribution in [2.45, 2.75) is 52.0 Å². The third-order valence-corrected chi connectivity index (χ3v) is 4.01. The van der Waals surface area contributed by atoms with Crippen molar-refractivity contribution in [1.29, 1.82) is 0 Å². The second-order valence-corrected chi connectivity index (χ2v) is 5.02. The average molecular weight is 285 g/mol. The number of carbonyl (C=O) groups excluding carboxylic acids is 2. The molecule has 1 aliphatic heterocycles. The van der Waals surface area contributed by atoms with E-state index in [4.69, 9.17) is 10.2 Å². The molecule has 1 aliphatic rings. The lowest BCUT2D eigenvalue weighted by atomic mass is 9.81. The summed E-state index contributed by atoms with van der Waals surface area (Å²) in [7, 11) is 0. The molecule has 2 amide bonds. The molecule has 1 rings (SSSR count). The van der Waals surface area contributed by atoms with Gasteiger partial charge in [-0.1, -0.05) is 13.8 Å². The van der Waals surface area contributed by atoms with Gasteiger partial charge in [-0.15, -0.1) is 0 Å². The highest BCUT2D eigenvalue weighted by Crippen LogP contribution is 2.40. The number of likely N-dealkylation sites (tertiary alicyclic amines) is 1. The number of hydrogen-bond acceptors (Lipinski definition) is 4. The lowest BCUT2D eigenvalue weighted by molar-refractivity contribution is -0.156. The fourth-order valence-corrected chi connectivity index (χ4v) is 2.56. The summed E-state index contributed by atoms with van der Waals surface area (Å²) in [6.07, 6.45) is 0.228. The maximum absolute atomic E-state index is 12.4. The molecule has 1 saturated heterocycles. The van der Waals surface area contributed by atoms with Crippen LogP contribution >= 0.6 is 0 Å². The molecule has 0 aromatic rings. The first kappa shape index (κ1) is 16.1. The Morgan fingerprint density at radius 3 is 2.15 bits per heavy atom. The van der Waals surface area contributed by atoms with E-state index in [0.29, 0.717) is 12.8 Å². The number of carbonyl (C=O) groups is 4. The van der Waals surface area contributed by atoms with E-state index in [9.17, 15) is 19.2 Å². The molecule has 0 aliphatic carbocycles. The molecular formula is C13H19NO6. The predicted molar refractivity (Wildman–Crippen MR) is 67.8 cm³/mol. The minimum atomic E-state index is -1.40. The first-order chi connectivity index (χ1) is 9.29. The highest BCUT2D eigenvalue weighted by atomic mass is 16.4. The summed E-state index contributed by atoms with van der Waals surface area (Å²) in [5, 5.41) is 17.8. The lowest BCUT2D eigenvalue weighted by Gasteiger charge is -2.26. The second-order valence-electron chi connectivity index (χ2n) is 5.02. The third-order valence-electron chi connectivity index (χ3n) is 4.01. The Balaban J connectivity index is 3.02. The normalized spacial score (nSPS) is 19.2. The third kappa shape index (κ3) is 2.81. The van der Waals surface area contributed by atoms with Crippen LogP contribution in [0.2, 0.25) is 0 Å². The minimum Gasteiger partial charge on any atom is -0.481 e. The zero-order chi connectivity index (χ0) is 15.5. The Labute approximate surface area is 116 Å². The van der Waals surface area contributed by atoms with Crippen LogP contribution in [0.1, 0.15) is 46.0 Å². The van der Waals surface area contributed by atoms with E-state index in [1.807, 2.05) is 0 Å². The molecule has 2 N–H and O–H groups in total. The summed E-state index contributed by atoms with van der Waals surface area (Å²) in [4.78, 5) is 46.9. The van der Waals surface area contributed by atoms with Gasteiger partial charge in [0.1, 0.15) is 6.04 Å². The van der Waals surface area contributed by atoms with Crippen LogP contribution in [-0.4, -0.2) is 44.9 Å². The number of nitrogens with zero attached hydrogens (tertiary/aromatic N) is 1. The van der Waals surface area contributed by atoms with Gasteiger partial charge in [0.05, 0.1) is 5.41 Å². The van der Waals surface area contributed by atoms with Crippen molar-refractivity contribution >= 4 is 23.8 Å². The van der Waals surface area contributed by atoms with Crippen molar-refractivity contribution in [2.75, 3.05) is 0 Å². The summed E-state index contributed by atoms with van der Waals surface area (Å²) in [6, 6.07) is -1.40. The Hall–Kier alpha value is -1.92. The number of amides is 2. The van der Waals surface area contributed by atoms with Crippen LogP contribution < -0.4 is 0 Å². The van der Waals surface area contributed by atoms with Crippen LogP contribution in [0.4, 0.5) is 0 Å². The van der Waals surface area contributed by atoms with Gasteiger partial charge < -0.3 is 10.2 Å². The molecule has 7 nitrogen and oxygen atoms in total. The molecule has 1 atom stereocenters. The van der Waals surface area contributed by atoms with E-state index in [0.717, 1.165) is 4.90 Å². The van der Waals surface area contributed by atoms with Crippen LogP contribution in [0.25, 0.3) is 0 Å². The molecule has 0 aromatic heterocycles. The van der Waals surface area contributed by atoms with E-state index < -0.39 is 41.6 Å². The van der Waals surface area contributed by atoms with Gasteiger partial charge in [-0.05, 0) is 19.3 Å². The van der Waals surface area contributed by atoms with Gasteiger partial charge in [0.2, 0.25) is 11.8 Å².